The van der Waals surface area contributed by atoms with Crippen molar-refractivity contribution in [1.82, 2.24) is 0 Å². The summed E-state index contributed by atoms with van der Waals surface area (Å²) in [5, 5.41) is 1.06. The lowest BCUT2D eigenvalue weighted by Gasteiger charge is -2.26. The van der Waals surface area contributed by atoms with Crippen molar-refractivity contribution in [2.24, 2.45) is 0 Å². The fourth-order valence-corrected chi connectivity index (χ4v) is 3.39. The zero-order valence-corrected chi connectivity index (χ0v) is 12.8. The number of halogens is 2. The van der Waals surface area contributed by atoms with Gasteiger partial charge in [-0.25, -0.2) is 0 Å². The van der Waals surface area contributed by atoms with E-state index in [1.54, 1.807) is 6.07 Å². The maximum atomic E-state index is 12.3. The van der Waals surface area contributed by atoms with E-state index in [4.69, 9.17) is 27.9 Å². The maximum absolute atomic E-state index is 12.3. The number of hydrogen-bond acceptors (Lipinski definition) is 2. The van der Waals surface area contributed by atoms with Crippen molar-refractivity contribution in [2.75, 3.05) is 0 Å². The molecule has 2 unspecified atom stereocenters. The van der Waals surface area contributed by atoms with E-state index in [0.29, 0.717) is 16.5 Å². The van der Waals surface area contributed by atoms with Crippen LogP contribution < -0.4 is 0 Å². The number of fused-ring (bicyclic) bond motifs is 2. The van der Waals surface area contributed by atoms with E-state index < -0.39 is 0 Å². The van der Waals surface area contributed by atoms with E-state index in [2.05, 4.69) is 0 Å². The molecule has 2 heterocycles. The summed E-state index contributed by atoms with van der Waals surface area (Å²) in [4.78, 5) is 12.3. The van der Waals surface area contributed by atoms with Crippen LogP contribution in [0.2, 0.25) is 10.0 Å². The van der Waals surface area contributed by atoms with Gasteiger partial charge in [-0.05, 0) is 42.5 Å². The number of Topliss-reactive ketones (excluding diaryl/α,β-unsaturated/α-hetero) is 1. The van der Waals surface area contributed by atoms with Crippen LogP contribution in [0.4, 0.5) is 0 Å². The molecule has 0 radical (unpaired) electrons. The van der Waals surface area contributed by atoms with Gasteiger partial charge in [-0.15, -0.1) is 0 Å². The second-order valence-electron chi connectivity index (χ2n) is 5.33. The standard InChI is InChI=1S/C16H16Cl2O2/c1-2-14(19)16-11(8-10-4-6-15(16)20-10)9-3-5-12(17)13(18)7-9/h3,5,7,10,15H,2,4,6,8H2,1H3. The molecule has 106 valence electrons. The quantitative estimate of drug-likeness (QED) is 0.810. The second-order valence-corrected chi connectivity index (χ2v) is 6.14. The van der Waals surface area contributed by atoms with Crippen LogP contribution >= 0.6 is 23.2 Å². The average Bonchev–Trinajstić information content (AvgIpc) is 2.82. The first-order valence-corrected chi connectivity index (χ1v) is 7.73. The summed E-state index contributed by atoms with van der Waals surface area (Å²) in [6, 6.07) is 5.59. The van der Waals surface area contributed by atoms with E-state index >= 15 is 0 Å². The third kappa shape index (κ3) is 2.41. The predicted molar refractivity (Wildman–Crippen MR) is 81.2 cm³/mol. The molecular formula is C16H16Cl2O2. The summed E-state index contributed by atoms with van der Waals surface area (Å²) in [6.07, 6.45) is 3.45. The van der Waals surface area contributed by atoms with Gasteiger partial charge >= 0.3 is 0 Å². The summed E-state index contributed by atoms with van der Waals surface area (Å²) in [6.45, 7) is 1.89. The van der Waals surface area contributed by atoms with Gasteiger partial charge in [0.15, 0.2) is 5.78 Å². The number of hydrogen-bond donors (Lipinski definition) is 0. The fourth-order valence-electron chi connectivity index (χ4n) is 3.10. The van der Waals surface area contributed by atoms with E-state index in [0.717, 1.165) is 36.0 Å². The number of carbonyl (C=O) groups excluding carboxylic acids is 1. The van der Waals surface area contributed by atoms with Crippen LogP contribution in [-0.2, 0) is 9.53 Å². The molecule has 1 saturated heterocycles. The van der Waals surface area contributed by atoms with Crippen molar-refractivity contribution in [2.45, 2.75) is 44.8 Å². The molecule has 2 aliphatic heterocycles. The van der Waals surface area contributed by atoms with Crippen LogP contribution in [0.3, 0.4) is 0 Å². The minimum atomic E-state index is -0.0364. The Morgan fingerprint density at radius 1 is 1.30 bits per heavy atom. The highest BCUT2D eigenvalue weighted by Crippen LogP contribution is 2.42. The Labute approximate surface area is 128 Å². The number of rotatable bonds is 3. The molecule has 0 spiro atoms. The molecule has 20 heavy (non-hydrogen) atoms. The van der Waals surface area contributed by atoms with E-state index in [-0.39, 0.29) is 18.0 Å². The molecule has 0 amide bonds. The Morgan fingerprint density at radius 2 is 2.10 bits per heavy atom. The van der Waals surface area contributed by atoms with Crippen molar-refractivity contribution in [3.05, 3.63) is 39.4 Å². The van der Waals surface area contributed by atoms with Crippen LogP contribution in [-0.4, -0.2) is 18.0 Å². The second kappa shape index (κ2) is 5.51. The van der Waals surface area contributed by atoms with Crippen LogP contribution in [0.15, 0.2) is 23.8 Å². The lowest BCUT2D eigenvalue weighted by Crippen LogP contribution is -2.25. The van der Waals surface area contributed by atoms with Crippen LogP contribution in [0.1, 0.15) is 38.2 Å². The lowest BCUT2D eigenvalue weighted by atomic mass is 9.89. The number of ether oxygens (including phenoxy) is 1. The van der Waals surface area contributed by atoms with Crippen LogP contribution in [0.25, 0.3) is 5.57 Å². The molecule has 0 N–H and O–H groups in total. The highest BCUT2D eigenvalue weighted by molar-refractivity contribution is 6.42. The fraction of sp³-hybridized carbons (Fsp3) is 0.438. The number of ketones is 1. The van der Waals surface area contributed by atoms with Gasteiger partial charge in [0.2, 0.25) is 0 Å². The first kappa shape index (κ1) is 14.1. The summed E-state index contributed by atoms with van der Waals surface area (Å²) >= 11 is 12.1. The van der Waals surface area contributed by atoms with Crippen molar-refractivity contribution in [1.29, 1.82) is 0 Å². The summed E-state index contributed by atoms with van der Waals surface area (Å²) in [7, 11) is 0. The third-order valence-electron chi connectivity index (χ3n) is 4.08. The summed E-state index contributed by atoms with van der Waals surface area (Å²) in [5.41, 5.74) is 2.94. The normalized spacial score (nSPS) is 25.1. The van der Waals surface area contributed by atoms with E-state index in [1.165, 1.54) is 0 Å². The number of benzene rings is 1. The third-order valence-corrected chi connectivity index (χ3v) is 4.82. The smallest absolute Gasteiger partial charge is 0.161 e. The van der Waals surface area contributed by atoms with E-state index in [1.807, 2.05) is 19.1 Å². The van der Waals surface area contributed by atoms with Gasteiger partial charge in [-0.1, -0.05) is 36.2 Å². The highest BCUT2D eigenvalue weighted by atomic mass is 35.5. The Bertz CT molecular complexity index is 592. The molecule has 3 rings (SSSR count). The van der Waals surface area contributed by atoms with Crippen LogP contribution in [0.5, 0.6) is 0 Å². The topological polar surface area (TPSA) is 26.3 Å². The largest absolute Gasteiger partial charge is 0.370 e. The van der Waals surface area contributed by atoms with E-state index in [9.17, 15) is 4.79 Å². The lowest BCUT2D eigenvalue weighted by molar-refractivity contribution is -0.116. The summed E-state index contributed by atoms with van der Waals surface area (Å²) in [5.74, 6) is 0.177. The van der Waals surface area contributed by atoms with Gasteiger partial charge in [0.1, 0.15) is 0 Å². The van der Waals surface area contributed by atoms with Crippen molar-refractivity contribution in [3.8, 4) is 0 Å². The molecule has 1 aromatic carbocycles. The van der Waals surface area contributed by atoms with Gasteiger partial charge in [-0.3, -0.25) is 4.79 Å². The zero-order chi connectivity index (χ0) is 14.3. The Hall–Kier alpha value is -0.830. The first-order chi connectivity index (χ1) is 9.60. The molecule has 1 aromatic rings. The zero-order valence-electron chi connectivity index (χ0n) is 11.3. The van der Waals surface area contributed by atoms with Gasteiger partial charge in [0.25, 0.3) is 0 Å². The molecule has 2 atom stereocenters. The SMILES string of the molecule is CCC(=O)C1=C(c2ccc(Cl)c(Cl)c2)CC2CCC1O2. The molecule has 4 heteroatoms. The van der Waals surface area contributed by atoms with Gasteiger partial charge in [0.05, 0.1) is 22.3 Å². The minimum absolute atomic E-state index is 0.0364. The Morgan fingerprint density at radius 3 is 2.80 bits per heavy atom. The molecule has 0 aromatic heterocycles. The highest BCUT2D eigenvalue weighted by Gasteiger charge is 2.38. The molecule has 2 nitrogen and oxygen atoms in total. The van der Waals surface area contributed by atoms with Crippen molar-refractivity contribution < 1.29 is 9.53 Å². The number of carbonyl (C=O) groups is 1. The van der Waals surface area contributed by atoms with Gasteiger partial charge in [-0.2, -0.15) is 0 Å². The maximum Gasteiger partial charge on any atom is 0.161 e. The van der Waals surface area contributed by atoms with Gasteiger partial charge < -0.3 is 4.74 Å². The minimum Gasteiger partial charge on any atom is -0.370 e. The first-order valence-electron chi connectivity index (χ1n) is 6.97. The molecular weight excluding hydrogens is 295 g/mol. The molecule has 1 fully saturated rings. The molecule has 0 saturated carbocycles. The predicted octanol–water partition coefficient (Wildman–Crippen LogP) is 4.68. The van der Waals surface area contributed by atoms with Crippen molar-refractivity contribution in [3.63, 3.8) is 0 Å². The monoisotopic (exact) mass is 310 g/mol. The summed E-state index contributed by atoms with van der Waals surface area (Å²) < 4.78 is 5.90. The molecule has 0 aliphatic carbocycles. The Balaban J connectivity index is 2.10. The molecule has 2 aliphatic rings. The molecule has 2 bridgehead atoms. The average molecular weight is 311 g/mol. The Kier molecular flexibility index (Phi) is 3.89. The van der Waals surface area contributed by atoms with Crippen LogP contribution in [0, 0.1) is 0 Å². The van der Waals surface area contributed by atoms with Crippen molar-refractivity contribution >= 4 is 34.6 Å². The van der Waals surface area contributed by atoms with Gasteiger partial charge in [0, 0.05) is 12.0 Å².